The van der Waals surface area contributed by atoms with Crippen LogP contribution in [0.15, 0.2) is 24.3 Å². The molecule has 20 heavy (non-hydrogen) atoms. The van der Waals surface area contributed by atoms with Crippen molar-refractivity contribution in [2.24, 2.45) is 0 Å². The number of rotatable bonds is 6. The molecule has 110 valence electrons. The van der Waals surface area contributed by atoms with Gasteiger partial charge in [0.25, 0.3) is 0 Å². The van der Waals surface area contributed by atoms with Gasteiger partial charge in [-0.25, -0.2) is 0 Å². The summed E-state index contributed by atoms with van der Waals surface area (Å²) < 4.78 is 10.7. The molecule has 1 heterocycles. The predicted octanol–water partition coefficient (Wildman–Crippen LogP) is 2.27. The van der Waals surface area contributed by atoms with Crippen LogP contribution in [0.4, 0.5) is 0 Å². The van der Waals surface area contributed by atoms with Gasteiger partial charge in [-0.15, -0.1) is 0 Å². The number of likely N-dealkylation sites (tertiary alicyclic amines) is 1. The number of hydrogen-bond acceptors (Lipinski definition) is 4. The van der Waals surface area contributed by atoms with E-state index in [2.05, 4.69) is 11.8 Å². The van der Waals surface area contributed by atoms with Gasteiger partial charge in [-0.1, -0.05) is 18.2 Å². The van der Waals surface area contributed by atoms with Gasteiger partial charge in [-0.2, -0.15) is 0 Å². The quantitative estimate of drug-likeness (QED) is 0.748. The van der Waals surface area contributed by atoms with Crippen LogP contribution in [0.1, 0.15) is 25.3 Å². The molecule has 1 aliphatic heterocycles. The molecule has 1 atom stereocenters. The zero-order valence-corrected chi connectivity index (χ0v) is 12.3. The topological polar surface area (TPSA) is 38.8 Å². The smallest absolute Gasteiger partial charge is 0.310 e. The Balaban J connectivity index is 1.95. The lowest BCUT2D eigenvalue weighted by Gasteiger charge is -2.22. The summed E-state index contributed by atoms with van der Waals surface area (Å²) in [5, 5.41) is 0. The first-order valence-electron chi connectivity index (χ1n) is 7.23. The molecule has 0 spiro atoms. The van der Waals surface area contributed by atoms with E-state index in [1.54, 1.807) is 0 Å². The molecule has 4 heteroatoms. The lowest BCUT2D eigenvalue weighted by Crippen LogP contribution is -2.31. The minimum absolute atomic E-state index is 0.117. The van der Waals surface area contributed by atoms with Crippen molar-refractivity contribution in [3.63, 3.8) is 0 Å². The second-order valence-corrected chi connectivity index (χ2v) is 5.30. The zero-order valence-electron chi connectivity index (χ0n) is 12.3. The van der Waals surface area contributed by atoms with Gasteiger partial charge >= 0.3 is 5.97 Å². The Hall–Kier alpha value is -1.55. The summed E-state index contributed by atoms with van der Waals surface area (Å²) in [6.45, 7) is 5.34. The summed E-state index contributed by atoms with van der Waals surface area (Å²) in [6, 6.07) is 7.67. The van der Waals surface area contributed by atoms with E-state index in [4.69, 9.17) is 9.47 Å². The molecule has 1 aromatic rings. The fourth-order valence-corrected chi connectivity index (χ4v) is 2.58. The number of esters is 1. The van der Waals surface area contributed by atoms with Crippen LogP contribution in [0, 0.1) is 0 Å². The lowest BCUT2D eigenvalue weighted by molar-refractivity contribution is -0.139. The summed E-state index contributed by atoms with van der Waals surface area (Å²) in [4.78, 5) is 13.8. The average Bonchev–Trinajstić information content (AvgIpc) is 2.93. The maximum Gasteiger partial charge on any atom is 0.310 e. The second kappa shape index (κ2) is 7.29. The molecule has 1 unspecified atom stereocenters. The lowest BCUT2D eigenvalue weighted by atomic mass is 10.1. The van der Waals surface area contributed by atoms with Gasteiger partial charge in [0.05, 0.1) is 13.5 Å². The molecule has 0 amide bonds. The van der Waals surface area contributed by atoms with Crippen molar-refractivity contribution in [2.45, 2.75) is 32.3 Å². The first-order valence-corrected chi connectivity index (χ1v) is 7.23. The number of hydrogen-bond donors (Lipinski definition) is 0. The molecule has 0 aliphatic carbocycles. The normalized spacial score (nSPS) is 16.9. The minimum atomic E-state index is -0.242. The molecule has 0 radical (unpaired) electrons. The van der Waals surface area contributed by atoms with E-state index >= 15 is 0 Å². The summed E-state index contributed by atoms with van der Waals surface area (Å²) >= 11 is 0. The van der Waals surface area contributed by atoms with Crippen LogP contribution in [0.5, 0.6) is 5.75 Å². The highest BCUT2D eigenvalue weighted by atomic mass is 16.5. The third-order valence-electron chi connectivity index (χ3n) is 3.58. The molecule has 0 saturated carbocycles. The number of nitrogens with zero attached hydrogens (tertiary/aromatic N) is 1. The van der Waals surface area contributed by atoms with Crippen molar-refractivity contribution >= 4 is 5.97 Å². The van der Waals surface area contributed by atoms with Crippen molar-refractivity contribution in [1.29, 1.82) is 0 Å². The molecule has 0 aromatic heterocycles. The minimum Gasteiger partial charge on any atom is -0.489 e. The Morgan fingerprint density at radius 2 is 2.00 bits per heavy atom. The Labute approximate surface area is 120 Å². The van der Waals surface area contributed by atoms with Gasteiger partial charge in [-0.3, -0.25) is 9.69 Å². The molecule has 1 fully saturated rings. The Morgan fingerprint density at radius 3 is 2.70 bits per heavy atom. The van der Waals surface area contributed by atoms with Gasteiger partial charge in [0.15, 0.2) is 0 Å². The fourth-order valence-electron chi connectivity index (χ4n) is 2.58. The number of ether oxygens (including phenoxy) is 2. The molecule has 1 aromatic carbocycles. The Morgan fingerprint density at radius 1 is 1.30 bits per heavy atom. The molecule has 1 aliphatic rings. The molecule has 0 bridgehead atoms. The highest BCUT2D eigenvalue weighted by Crippen LogP contribution is 2.21. The molecular formula is C16H23NO3. The fraction of sp³-hybridized carbons (Fsp3) is 0.562. The van der Waals surface area contributed by atoms with Crippen molar-refractivity contribution in [2.75, 3.05) is 26.7 Å². The highest BCUT2D eigenvalue weighted by Gasteiger charge is 2.17. The van der Waals surface area contributed by atoms with Crippen molar-refractivity contribution in [3.05, 3.63) is 29.8 Å². The highest BCUT2D eigenvalue weighted by molar-refractivity contribution is 5.73. The molecule has 1 saturated heterocycles. The number of carbonyl (C=O) groups excluding carboxylic acids is 1. The van der Waals surface area contributed by atoms with E-state index in [0.717, 1.165) is 30.9 Å². The third kappa shape index (κ3) is 4.23. The summed E-state index contributed by atoms with van der Waals surface area (Å²) in [5.41, 5.74) is 0.882. The van der Waals surface area contributed by atoms with Crippen LogP contribution in [-0.4, -0.2) is 43.7 Å². The van der Waals surface area contributed by atoms with Crippen LogP contribution >= 0.6 is 0 Å². The van der Waals surface area contributed by atoms with E-state index < -0.39 is 0 Å². The van der Waals surface area contributed by atoms with E-state index in [-0.39, 0.29) is 18.5 Å². The van der Waals surface area contributed by atoms with Crippen molar-refractivity contribution < 1.29 is 14.3 Å². The second-order valence-electron chi connectivity index (χ2n) is 5.30. The van der Waals surface area contributed by atoms with Crippen molar-refractivity contribution in [1.82, 2.24) is 4.90 Å². The van der Waals surface area contributed by atoms with Gasteiger partial charge in [0.2, 0.25) is 0 Å². The standard InChI is InChI=1S/C16H23NO3/c1-13(12-17-9-5-6-10-17)20-15-8-4-3-7-14(15)11-16(18)19-2/h3-4,7-8,13H,5-6,9-12H2,1-2H3. The van der Waals surface area contributed by atoms with E-state index in [0.29, 0.717) is 0 Å². The van der Waals surface area contributed by atoms with Crippen molar-refractivity contribution in [3.8, 4) is 5.75 Å². The largest absolute Gasteiger partial charge is 0.489 e. The maximum atomic E-state index is 11.4. The predicted molar refractivity (Wildman–Crippen MR) is 77.9 cm³/mol. The Kier molecular flexibility index (Phi) is 5.41. The van der Waals surface area contributed by atoms with Gasteiger partial charge in [-0.05, 0) is 38.9 Å². The molecule has 4 nitrogen and oxygen atoms in total. The van der Waals surface area contributed by atoms with Gasteiger partial charge in [0.1, 0.15) is 11.9 Å². The maximum absolute atomic E-state index is 11.4. The number of benzene rings is 1. The average molecular weight is 277 g/mol. The van der Waals surface area contributed by atoms with E-state index in [9.17, 15) is 4.79 Å². The van der Waals surface area contributed by atoms with Crippen LogP contribution in [0.3, 0.4) is 0 Å². The third-order valence-corrected chi connectivity index (χ3v) is 3.58. The zero-order chi connectivity index (χ0) is 14.4. The summed E-state index contributed by atoms with van der Waals surface area (Å²) in [5.74, 6) is 0.540. The Bertz CT molecular complexity index is 441. The van der Waals surface area contributed by atoms with Gasteiger partial charge < -0.3 is 9.47 Å². The van der Waals surface area contributed by atoms with Crippen LogP contribution in [0.2, 0.25) is 0 Å². The monoisotopic (exact) mass is 277 g/mol. The van der Waals surface area contributed by atoms with Crippen LogP contribution < -0.4 is 4.74 Å². The number of para-hydroxylation sites is 1. The number of methoxy groups -OCH3 is 1. The number of carbonyl (C=O) groups is 1. The van der Waals surface area contributed by atoms with Crippen LogP contribution in [-0.2, 0) is 16.0 Å². The molecule has 0 N–H and O–H groups in total. The first-order chi connectivity index (χ1) is 9.69. The first kappa shape index (κ1) is 14.9. The van der Waals surface area contributed by atoms with E-state index in [1.807, 2.05) is 24.3 Å². The van der Waals surface area contributed by atoms with E-state index in [1.165, 1.54) is 20.0 Å². The molecular weight excluding hydrogens is 254 g/mol. The SMILES string of the molecule is COC(=O)Cc1ccccc1OC(C)CN1CCCC1. The summed E-state index contributed by atoms with van der Waals surface area (Å²) in [7, 11) is 1.40. The summed E-state index contributed by atoms with van der Waals surface area (Å²) in [6.07, 6.45) is 2.94. The van der Waals surface area contributed by atoms with Gasteiger partial charge in [0, 0.05) is 12.1 Å². The van der Waals surface area contributed by atoms with Crippen LogP contribution in [0.25, 0.3) is 0 Å². The molecule has 2 rings (SSSR count).